The van der Waals surface area contributed by atoms with Crippen LogP contribution in [0.1, 0.15) is 45.1 Å². The van der Waals surface area contributed by atoms with E-state index in [1.807, 2.05) is 13.1 Å². The predicted molar refractivity (Wildman–Crippen MR) is 103 cm³/mol. The molecule has 0 aliphatic carbocycles. The van der Waals surface area contributed by atoms with Crippen molar-refractivity contribution in [2.45, 2.75) is 52.2 Å². The third kappa shape index (κ3) is 6.58. The van der Waals surface area contributed by atoms with E-state index in [-0.39, 0.29) is 0 Å². The van der Waals surface area contributed by atoms with E-state index in [1.165, 1.54) is 5.56 Å². The number of nitrogens with zero attached hydrogens (tertiary/aromatic N) is 2. The van der Waals surface area contributed by atoms with Crippen molar-refractivity contribution in [3.05, 3.63) is 29.8 Å². The maximum absolute atomic E-state index is 5.79. The van der Waals surface area contributed by atoms with E-state index in [2.05, 4.69) is 47.3 Å². The van der Waals surface area contributed by atoms with Crippen LogP contribution in [0.2, 0.25) is 0 Å². The van der Waals surface area contributed by atoms with E-state index in [4.69, 9.17) is 9.47 Å². The van der Waals surface area contributed by atoms with Crippen LogP contribution < -0.4 is 10.1 Å². The van der Waals surface area contributed by atoms with Gasteiger partial charge in [0.05, 0.1) is 12.7 Å². The summed E-state index contributed by atoms with van der Waals surface area (Å²) in [5, 5.41) is 3.48. The van der Waals surface area contributed by atoms with E-state index in [1.54, 1.807) is 0 Å². The molecule has 2 rings (SSSR count). The summed E-state index contributed by atoms with van der Waals surface area (Å²) in [6, 6.07) is 8.30. The second kappa shape index (κ2) is 11.0. The highest BCUT2D eigenvalue weighted by Gasteiger charge is 2.21. The molecule has 1 aliphatic rings. The Morgan fingerprint density at radius 1 is 1.28 bits per heavy atom. The molecule has 0 saturated carbocycles. The van der Waals surface area contributed by atoms with Crippen molar-refractivity contribution >= 4 is 5.96 Å². The number of likely N-dealkylation sites (tertiary alicyclic amines) is 1. The Bertz CT molecular complexity index is 525. The van der Waals surface area contributed by atoms with Crippen molar-refractivity contribution < 1.29 is 9.47 Å². The number of aliphatic imine (C=N–C) groups is 1. The summed E-state index contributed by atoms with van der Waals surface area (Å²) in [6.45, 7) is 8.55. The van der Waals surface area contributed by atoms with Gasteiger partial charge < -0.3 is 19.7 Å². The van der Waals surface area contributed by atoms with Gasteiger partial charge in [0.15, 0.2) is 5.96 Å². The molecular formula is C20H33N3O2. The van der Waals surface area contributed by atoms with Crippen LogP contribution in [0, 0.1) is 0 Å². The third-order valence-corrected chi connectivity index (χ3v) is 4.47. The maximum Gasteiger partial charge on any atom is 0.193 e. The summed E-state index contributed by atoms with van der Waals surface area (Å²) in [5.74, 6) is 1.91. The van der Waals surface area contributed by atoms with E-state index in [0.29, 0.717) is 6.10 Å². The van der Waals surface area contributed by atoms with Crippen LogP contribution in [0.15, 0.2) is 29.3 Å². The van der Waals surface area contributed by atoms with Crippen molar-refractivity contribution in [2.75, 3.05) is 33.4 Å². The first-order valence-electron chi connectivity index (χ1n) is 9.55. The van der Waals surface area contributed by atoms with Crippen molar-refractivity contribution in [2.24, 2.45) is 4.99 Å². The second-order valence-electron chi connectivity index (χ2n) is 6.39. The number of hydrogen-bond acceptors (Lipinski definition) is 3. The van der Waals surface area contributed by atoms with Gasteiger partial charge in [0.1, 0.15) is 5.75 Å². The van der Waals surface area contributed by atoms with Gasteiger partial charge in [-0.25, -0.2) is 0 Å². The Labute approximate surface area is 152 Å². The van der Waals surface area contributed by atoms with Crippen molar-refractivity contribution in [3.63, 3.8) is 0 Å². The number of unbranched alkanes of at least 4 members (excludes halogenated alkanes) is 1. The Hall–Kier alpha value is -1.75. The maximum atomic E-state index is 5.79. The minimum atomic E-state index is 0.399. The van der Waals surface area contributed by atoms with Crippen LogP contribution in [0.5, 0.6) is 5.75 Å². The van der Waals surface area contributed by atoms with Crippen molar-refractivity contribution in [1.29, 1.82) is 0 Å². The molecular weight excluding hydrogens is 314 g/mol. The summed E-state index contributed by atoms with van der Waals surface area (Å²) in [7, 11) is 1.85. The first kappa shape index (κ1) is 19.6. The Balaban J connectivity index is 1.82. The van der Waals surface area contributed by atoms with Crippen LogP contribution >= 0.6 is 0 Å². The average molecular weight is 348 g/mol. The molecule has 0 unspecified atom stereocenters. The van der Waals surface area contributed by atoms with E-state index in [9.17, 15) is 0 Å². The zero-order chi connectivity index (χ0) is 17.9. The molecule has 0 radical (unpaired) electrons. The second-order valence-corrected chi connectivity index (χ2v) is 6.39. The van der Waals surface area contributed by atoms with Gasteiger partial charge in [0.25, 0.3) is 0 Å². The molecule has 5 heteroatoms. The van der Waals surface area contributed by atoms with Crippen molar-refractivity contribution in [3.8, 4) is 5.75 Å². The zero-order valence-corrected chi connectivity index (χ0v) is 16.0. The molecule has 25 heavy (non-hydrogen) atoms. The number of guanidine groups is 1. The molecule has 1 aromatic carbocycles. The summed E-state index contributed by atoms with van der Waals surface area (Å²) in [5.41, 5.74) is 1.21. The molecule has 1 aromatic rings. The third-order valence-electron chi connectivity index (χ3n) is 4.47. The van der Waals surface area contributed by atoms with Gasteiger partial charge in [-0.15, -0.1) is 0 Å². The lowest BCUT2D eigenvalue weighted by Crippen LogP contribution is -2.46. The zero-order valence-electron chi connectivity index (χ0n) is 16.0. The fourth-order valence-electron chi connectivity index (χ4n) is 3.06. The lowest BCUT2D eigenvalue weighted by Gasteiger charge is -2.34. The first-order valence-corrected chi connectivity index (χ1v) is 9.55. The molecule has 1 fully saturated rings. The minimum absolute atomic E-state index is 0.399. The van der Waals surface area contributed by atoms with Gasteiger partial charge in [-0.1, -0.05) is 25.5 Å². The summed E-state index contributed by atoms with van der Waals surface area (Å²) < 4.78 is 11.5. The summed E-state index contributed by atoms with van der Waals surface area (Å²) in [6.07, 6.45) is 4.77. The molecule has 1 aliphatic heterocycles. The number of ether oxygens (including phenoxy) is 2. The van der Waals surface area contributed by atoms with E-state index < -0.39 is 0 Å². The van der Waals surface area contributed by atoms with Gasteiger partial charge in [0.2, 0.25) is 0 Å². The Kier molecular flexibility index (Phi) is 8.60. The highest BCUT2D eigenvalue weighted by molar-refractivity contribution is 5.80. The topological polar surface area (TPSA) is 46.1 Å². The quantitative estimate of drug-likeness (QED) is 0.444. The molecule has 140 valence electrons. The minimum Gasteiger partial charge on any atom is -0.494 e. The molecule has 0 atom stereocenters. The summed E-state index contributed by atoms with van der Waals surface area (Å²) in [4.78, 5) is 6.76. The molecule has 5 nitrogen and oxygen atoms in total. The number of hydrogen-bond donors (Lipinski definition) is 1. The molecule has 1 N–H and O–H groups in total. The summed E-state index contributed by atoms with van der Waals surface area (Å²) >= 11 is 0. The van der Waals surface area contributed by atoms with Crippen LogP contribution in [0.25, 0.3) is 0 Å². The molecule has 0 spiro atoms. The molecule has 1 saturated heterocycles. The normalized spacial score (nSPS) is 16.1. The van der Waals surface area contributed by atoms with Crippen LogP contribution in [-0.2, 0) is 11.3 Å². The smallest absolute Gasteiger partial charge is 0.193 e. The molecule has 0 amide bonds. The lowest BCUT2D eigenvalue weighted by atomic mass is 10.1. The van der Waals surface area contributed by atoms with Crippen LogP contribution in [0.4, 0.5) is 0 Å². The van der Waals surface area contributed by atoms with Crippen LogP contribution in [0.3, 0.4) is 0 Å². The van der Waals surface area contributed by atoms with Gasteiger partial charge in [-0.05, 0) is 43.9 Å². The average Bonchev–Trinajstić information content (AvgIpc) is 2.64. The van der Waals surface area contributed by atoms with Gasteiger partial charge in [0, 0.05) is 33.3 Å². The number of benzene rings is 1. The highest BCUT2D eigenvalue weighted by Crippen LogP contribution is 2.15. The van der Waals surface area contributed by atoms with Gasteiger partial charge in [-0.2, -0.15) is 0 Å². The number of piperidine rings is 1. The fraction of sp³-hybridized carbons (Fsp3) is 0.650. The van der Waals surface area contributed by atoms with E-state index >= 15 is 0 Å². The van der Waals surface area contributed by atoms with E-state index in [0.717, 1.165) is 70.2 Å². The Morgan fingerprint density at radius 2 is 2.08 bits per heavy atom. The molecule has 0 bridgehead atoms. The first-order chi connectivity index (χ1) is 12.3. The fourth-order valence-corrected chi connectivity index (χ4v) is 3.06. The van der Waals surface area contributed by atoms with Gasteiger partial charge in [-0.3, -0.25) is 4.99 Å². The largest absolute Gasteiger partial charge is 0.494 e. The predicted octanol–water partition coefficient (Wildman–Crippen LogP) is 3.44. The Morgan fingerprint density at radius 3 is 2.76 bits per heavy atom. The highest BCUT2D eigenvalue weighted by atomic mass is 16.5. The lowest BCUT2D eigenvalue weighted by molar-refractivity contribution is 0.0263. The molecule has 1 heterocycles. The number of rotatable bonds is 8. The molecule has 0 aromatic heterocycles. The standard InChI is InChI=1S/C20H33N3O2/c1-4-6-14-25-19-9-7-8-17(15-19)16-22-20(21-3)23-12-10-18(11-13-23)24-5-2/h7-9,15,18H,4-6,10-14,16H2,1-3H3,(H,21,22). The van der Waals surface area contributed by atoms with Crippen molar-refractivity contribution in [1.82, 2.24) is 10.2 Å². The monoisotopic (exact) mass is 347 g/mol. The van der Waals surface area contributed by atoms with Gasteiger partial charge >= 0.3 is 0 Å². The SMILES string of the molecule is CCCCOc1cccc(CNC(=NC)N2CCC(OCC)CC2)c1. The number of nitrogens with one attached hydrogen (secondary N) is 1. The van der Waals surface area contributed by atoms with Crippen LogP contribution in [-0.4, -0.2) is 50.3 Å².